The standard InChI is InChI=1S/C16H22O3/c1-10(17)16(19)8-14-13-4-3-12(18)7-11(13)5-6-15(14,2)9-16/h14,19H,3-9H2,1-2H3/t14-,15+,16+/m0/s1. The summed E-state index contributed by atoms with van der Waals surface area (Å²) in [5.74, 6) is 0.553. The molecule has 1 fully saturated rings. The molecule has 3 heteroatoms. The molecule has 0 bridgehead atoms. The summed E-state index contributed by atoms with van der Waals surface area (Å²) in [7, 11) is 0. The second-order valence-corrected chi connectivity index (χ2v) is 7.02. The van der Waals surface area contributed by atoms with E-state index in [2.05, 4.69) is 6.92 Å². The summed E-state index contributed by atoms with van der Waals surface area (Å²) in [4.78, 5) is 23.3. The highest BCUT2D eigenvalue weighted by Crippen LogP contribution is 2.59. The first-order chi connectivity index (χ1) is 8.84. The molecule has 3 aliphatic rings. The van der Waals surface area contributed by atoms with Gasteiger partial charge >= 0.3 is 0 Å². The highest BCUT2D eigenvalue weighted by molar-refractivity contribution is 5.86. The van der Waals surface area contributed by atoms with Crippen LogP contribution in [0, 0.1) is 11.3 Å². The maximum atomic E-state index is 11.7. The van der Waals surface area contributed by atoms with Crippen molar-refractivity contribution in [3.8, 4) is 0 Å². The molecule has 0 saturated heterocycles. The molecule has 1 N–H and O–H groups in total. The van der Waals surface area contributed by atoms with Gasteiger partial charge in [0.15, 0.2) is 5.78 Å². The Morgan fingerprint density at radius 3 is 2.74 bits per heavy atom. The Bertz CT molecular complexity index is 490. The molecule has 0 amide bonds. The van der Waals surface area contributed by atoms with Crippen LogP contribution in [0.3, 0.4) is 0 Å². The predicted molar refractivity (Wildman–Crippen MR) is 71.6 cm³/mol. The van der Waals surface area contributed by atoms with E-state index in [1.807, 2.05) is 0 Å². The van der Waals surface area contributed by atoms with Crippen molar-refractivity contribution < 1.29 is 14.7 Å². The second-order valence-electron chi connectivity index (χ2n) is 7.02. The minimum atomic E-state index is -1.14. The minimum absolute atomic E-state index is 0.0413. The van der Waals surface area contributed by atoms with E-state index in [9.17, 15) is 14.7 Å². The largest absolute Gasteiger partial charge is 0.382 e. The number of carbonyl (C=O) groups is 2. The summed E-state index contributed by atoms with van der Waals surface area (Å²) >= 11 is 0. The molecule has 0 aromatic carbocycles. The first-order valence-electron chi connectivity index (χ1n) is 7.30. The third-order valence-electron chi connectivity index (χ3n) is 5.69. The Kier molecular flexibility index (Phi) is 2.76. The fourth-order valence-electron chi connectivity index (χ4n) is 4.52. The summed E-state index contributed by atoms with van der Waals surface area (Å²) in [5, 5.41) is 10.6. The summed E-state index contributed by atoms with van der Waals surface area (Å²) < 4.78 is 0. The van der Waals surface area contributed by atoms with Crippen molar-refractivity contribution in [3.63, 3.8) is 0 Å². The van der Waals surface area contributed by atoms with Gasteiger partial charge in [0, 0.05) is 12.8 Å². The van der Waals surface area contributed by atoms with E-state index in [1.165, 1.54) is 18.1 Å². The first kappa shape index (κ1) is 13.0. The van der Waals surface area contributed by atoms with Gasteiger partial charge in [0.2, 0.25) is 0 Å². The van der Waals surface area contributed by atoms with Gasteiger partial charge in [-0.3, -0.25) is 9.59 Å². The molecule has 0 spiro atoms. The average molecular weight is 262 g/mol. The van der Waals surface area contributed by atoms with Crippen LogP contribution < -0.4 is 0 Å². The van der Waals surface area contributed by atoms with Crippen molar-refractivity contribution in [3.05, 3.63) is 11.1 Å². The molecular weight excluding hydrogens is 240 g/mol. The minimum Gasteiger partial charge on any atom is -0.382 e. The zero-order valence-corrected chi connectivity index (χ0v) is 11.8. The lowest BCUT2D eigenvalue weighted by Gasteiger charge is -2.40. The number of aliphatic hydroxyl groups is 1. The molecule has 3 aliphatic carbocycles. The van der Waals surface area contributed by atoms with Crippen molar-refractivity contribution in [2.24, 2.45) is 11.3 Å². The number of hydrogen-bond acceptors (Lipinski definition) is 3. The van der Waals surface area contributed by atoms with E-state index in [1.54, 1.807) is 0 Å². The normalized spacial score (nSPS) is 42.1. The van der Waals surface area contributed by atoms with E-state index in [-0.39, 0.29) is 11.2 Å². The van der Waals surface area contributed by atoms with Gasteiger partial charge in [-0.25, -0.2) is 0 Å². The molecule has 0 aliphatic heterocycles. The molecule has 0 unspecified atom stereocenters. The van der Waals surface area contributed by atoms with Gasteiger partial charge in [0.25, 0.3) is 0 Å². The maximum absolute atomic E-state index is 11.7. The van der Waals surface area contributed by atoms with Crippen molar-refractivity contribution in [1.82, 2.24) is 0 Å². The summed E-state index contributed by atoms with van der Waals surface area (Å²) in [6.07, 6.45) is 5.23. The Balaban J connectivity index is 1.97. The lowest BCUT2D eigenvalue weighted by atomic mass is 9.64. The van der Waals surface area contributed by atoms with Gasteiger partial charge in [0.1, 0.15) is 11.4 Å². The third kappa shape index (κ3) is 1.90. The Labute approximate surface area is 114 Å². The zero-order valence-electron chi connectivity index (χ0n) is 11.8. The third-order valence-corrected chi connectivity index (χ3v) is 5.69. The fourth-order valence-corrected chi connectivity index (χ4v) is 4.52. The van der Waals surface area contributed by atoms with Gasteiger partial charge in [-0.15, -0.1) is 0 Å². The van der Waals surface area contributed by atoms with E-state index in [4.69, 9.17) is 0 Å². The Morgan fingerprint density at radius 1 is 1.32 bits per heavy atom. The molecule has 0 aromatic heterocycles. The molecule has 104 valence electrons. The van der Waals surface area contributed by atoms with Crippen molar-refractivity contribution in [2.75, 3.05) is 0 Å². The second kappa shape index (κ2) is 4.02. The van der Waals surface area contributed by atoms with Crippen LogP contribution in [0.25, 0.3) is 0 Å². The van der Waals surface area contributed by atoms with Crippen LogP contribution in [0.15, 0.2) is 11.1 Å². The Hall–Kier alpha value is -0.960. The van der Waals surface area contributed by atoms with Crippen molar-refractivity contribution in [2.45, 2.75) is 64.4 Å². The highest BCUT2D eigenvalue weighted by atomic mass is 16.3. The van der Waals surface area contributed by atoms with E-state index < -0.39 is 5.60 Å². The lowest BCUT2D eigenvalue weighted by molar-refractivity contribution is -0.135. The molecule has 0 heterocycles. The Morgan fingerprint density at radius 2 is 2.05 bits per heavy atom. The van der Waals surface area contributed by atoms with Gasteiger partial charge in [0.05, 0.1) is 0 Å². The number of allylic oxidation sites excluding steroid dienone is 2. The molecule has 3 nitrogen and oxygen atoms in total. The number of Topliss-reactive ketones (excluding diaryl/α,β-unsaturated/α-hetero) is 2. The van der Waals surface area contributed by atoms with Gasteiger partial charge < -0.3 is 5.11 Å². The molecule has 19 heavy (non-hydrogen) atoms. The van der Waals surface area contributed by atoms with Crippen LogP contribution in [0.1, 0.15) is 58.8 Å². The SMILES string of the molecule is CC(=O)[C@@]1(O)C[C@H]2C3=C(CC[C@]2(C)C1)CC(=O)CC3. The van der Waals surface area contributed by atoms with Gasteiger partial charge in [-0.05, 0) is 50.4 Å². The van der Waals surface area contributed by atoms with Crippen molar-refractivity contribution >= 4 is 11.6 Å². The summed E-state index contributed by atoms with van der Waals surface area (Å²) in [6, 6.07) is 0. The number of rotatable bonds is 1. The highest BCUT2D eigenvalue weighted by Gasteiger charge is 2.56. The van der Waals surface area contributed by atoms with Crippen LogP contribution in [-0.4, -0.2) is 22.3 Å². The van der Waals surface area contributed by atoms with Crippen LogP contribution in [0.2, 0.25) is 0 Å². The molecule has 1 saturated carbocycles. The van der Waals surface area contributed by atoms with Crippen LogP contribution >= 0.6 is 0 Å². The van der Waals surface area contributed by atoms with Crippen LogP contribution in [-0.2, 0) is 9.59 Å². The topological polar surface area (TPSA) is 54.4 Å². The molecule has 3 rings (SSSR count). The number of fused-ring (bicyclic) bond motifs is 2. The van der Waals surface area contributed by atoms with Gasteiger partial charge in [-0.1, -0.05) is 18.1 Å². The molecule has 0 aromatic rings. The van der Waals surface area contributed by atoms with Gasteiger partial charge in [-0.2, -0.15) is 0 Å². The maximum Gasteiger partial charge on any atom is 0.161 e. The molecule has 0 radical (unpaired) electrons. The lowest BCUT2D eigenvalue weighted by Crippen LogP contribution is -2.35. The monoisotopic (exact) mass is 262 g/mol. The molecular formula is C16H22O3. The number of carbonyl (C=O) groups excluding carboxylic acids is 2. The average Bonchev–Trinajstić information content (AvgIpc) is 2.62. The summed E-state index contributed by atoms with van der Waals surface area (Å²) in [6.45, 7) is 3.71. The molecule has 3 atom stereocenters. The predicted octanol–water partition coefficient (Wildman–Crippen LogP) is 2.57. The number of hydrogen-bond donors (Lipinski definition) is 1. The van der Waals surface area contributed by atoms with E-state index in [0.29, 0.717) is 37.4 Å². The van der Waals surface area contributed by atoms with Crippen molar-refractivity contribution in [1.29, 1.82) is 0 Å². The van der Waals surface area contributed by atoms with Crippen LogP contribution in [0.4, 0.5) is 0 Å². The van der Waals surface area contributed by atoms with Crippen LogP contribution in [0.5, 0.6) is 0 Å². The van der Waals surface area contributed by atoms with E-state index in [0.717, 1.165) is 19.3 Å². The quantitative estimate of drug-likeness (QED) is 0.739. The number of ketones is 2. The van der Waals surface area contributed by atoms with E-state index >= 15 is 0 Å². The fraction of sp³-hybridized carbons (Fsp3) is 0.750. The smallest absolute Gasteiger partial charge is 0.161 e. The summed E-state index contributed by atoms with van der Waals surface area (Å²) in [5.41, 5.74) is 1.61. The zero-order chi connectivity index (χ0) is 13.8. The first-order valence-corrected chi connectivity index (χ1v) is 7.30.